The Labute approximate surface area is 214 Å². The van der Waals surface area contributed by atoms with Gasteiger partial charge in [0.05, 0.1) is 10.7 Å². The number of thiophene rings is 1. The van der Waals surface area contributed by atoms with Gasteiger partial charge in [-0.1, -0.05) is 72.3 Å². The lowest BCUT2D eigenvalue weighted by Crippen LogP contribution is -2.27. The molecule has 36 heavy (non-hydrogen) atoms. The standard InChI is InChI=1S/C30H27N3O2S/c1-17-13-15-20(16-14-17)27(34)28-26(31)25-24(22-12-8-7-9-18(22)2)23(19(3)32-30(25)36-28)29(35)33-21-10-5-4-6-11-21/h4-16,24,32H,31H2,1-3H3,(H,33,35). The first-order valence-corrected chi connectivity index (χ1v) is 12.6. The highest BCUT2D eigenvalue weighted by Crippen LogP contribution is 2.51. The molecule has 1 amide bonds. The van der Waals surface area contributed by atoms with Crippen LogP contribution in [0.4, 0.5) is 16.4 Å². The molecule has 0 fully saturated rings. The molecule has 0 aliphatic carbocycles. The first kappa shape index (κ1) is 23.6. The fourth-order valence-corrected chi connectivity index (χ4v) is 5.86. The van der Waals surface area contributed by atoms with Crippen molar-refractivity contribution >= 4 is 39.4 Å². The van der Waals surface area contributed by atoms with Crippen molar-refractivity contribution < 1.29 is 9.59 Å². The molecule has 1 unspecified atom stereocenters. The smallest absolute Gasteiger partial charge is 0.254 e. The van der Waals surface area contributed by atoms with Gasteiger partial charge in [-0.2, -0.15) is 0 Å². The fraction of sp³-hybridized carbons (Fsp3) is 0.133. The van der Waals surface area contributed by atoms with Gasteiger partial charge in [-0.25, -0.2) is 0 Å². The summed E-state index contributed by atoms with van der Waals surface area (Å²) in [5.41, 5.74) is 13.6. The normalized spacial score (nSPS) is 14.7. The molecule has 0 saturated heterocycles. The number of fused-ring (bicyclic) bond motifs is 1. The minimum atomic E-state index is -0.415. The maximum Gasteiger partial charge on any atom is 0.254 e. The second-order valence-corrected chi connectivity index (χ2v) is 10.1. The van der Waals surface area contributed by atoms with E-state index in [-0.39, 0.29) is 11.7 Å². The molecule has 0 bridgehead atoms. The molecule has 4 aromatic rings. The summed E-state index contributed by atoms with van der Waals surface area (Å²) in [7, 11) is 0. The highest BCUT2D eigenvalue weighted by atomic mass is 32.1. The molecule has 180 valence electrons. The van der Waals surface area contributed by atoms with Crippen LogP contribution >= 0.6 is 11.3 Å². The van der Waals surface area contributed by atoms with Crippen LogP contribution in [0.25, 0.3) is 0 Å². The van der Waals surface area contributed by atoms with Gasteiger partial charge in [-0.15, -0.1) is 11.3 Å². The lowest BCUT2D eigenvalue weighted by molar-refractivity contribution is -0.113. The monoisotopic (exact) mass is 493 g/mol. The molecule has 5 nitrogen and oxygen atoms in total. The first-order chi connectivity index (χ1) is 17.3. The van der Waals surface area contributed by atoms with Crippen LogP contribution in [0.15, 0.2) is 90.1 Å². The molecule has 5 rings (SSSR count). The summed E-state index contributed by atoms with van der Waals surface area (Å²) >= 11 is 1.34. The Kier molecular flexibility index (Phi) is 6.20. The van der Waals surface area contributed by atoms with Crippen molar-refractivity contribution in [2.24, 2.45) is 0 Å². The molecule has 4 N–H and O–H groups in total. The molecular weight excluding hydrogens is 466 g/mol. The van der Waals surface area contributed by atoms with E-state index in [0.29, 0.717) is 27.4 Å². The number of nitrogens with two attached hydrogens (primary N) is 1. The number of allylic oxidation sites excluding steroid dienone is 1. The Morgan fingerprint density at radius 2 is 1.56 bits per heavy atom. The predicted octanol–water partition coefficient (Wildman–Crippen LogP) is 6.65. The molecule has 1 atom stereocenters. The van der Waals surface area contributed by atoms with Crippen LogP contribution in [0.2, 0.25) is 0 Å². The summed E-state index contributed by atoms with van der Waals surface area (Å²) in [6.45, 7) is 5.91. The highest BCUT2D eigenvalue weighted by Gasteiger charge is 2.38. The average Bonchev–Trinajstić information content (AvgIpc) is 3.19. The van der Waals surface area contributed by atoms with E-state index in [1.807, 2.05) is 99.6 Å². The van der Waals surface area contributed by atoms with Crippen LogP contribution in [-0.2, 0) is 4.79 Å². The second-order valence-electron chi connectivity index (χ2n) is 9.06. The van der Waals surface area contributed by atoms with E-state index in [0.717, 1.165) is 33.0 Å². The summed E-state index contributed by atoms with van der Waals surface area (Å²) in [4.78, 5) is 27.6. The minimum Gasteiger partial charge on any atom is -0.397 e. The molecule has 2 heterocycles. The van der Waals surface area contributed by atoms with E-state index >= 15 is 0 Å². The van der Waals surface area contributed by atoms with E-state index < -0.39 is 5.92 Å². The fourth-order valence-electron chi connectivity index (χ4n) is 4.68. The zero-order valence-corrected chi connectivity index (χ0v) is 21.2. The molecule has 1 aromatic heterocycles. The van der Waals surface area contributed by atoms with E-state index in [1.54, 1.807) is 0 Å². The van der Waals surface area contributed by atoms with Crippen LogP contribution in [0, 0.1) is 13.8 Å². The number of carbonyl (C=O) groups excluding carboxylic acids is 2. The van der Waals surface area contributed by atoms with Crippen LogP contribution < -0.4 is 16.4 Å². The van der Waals surface area contributed by atoms with Gasteiger partial charge in [0, 0.05) is 34.0 Å². The summed E-state index contributed by atoms with van der Waals surface area (Å²) in [6, 6.07) is 24.9. The van der Waals surface area contributed by atoms with Crippen molar-refractivity contribution in [2.75, 3.05) is 16.4 Å². The first-order valence-electron chi connectivity index (χ1n) is 11.8. The van der Waals surface area contributed by atoms with Gasteiger partial charge in [0.1, 0.15) is 4.88 Å². The van der Waals surface area contributed by atoms with E-state index in [4.69, 9.17) is 5.73 Å². The van der Waals surface area contributed by atoms with Gasteiger partial charge in [-0.05, 0) is 44.0 Å². The van der Waals surface area contributed by atoms with E-state index in [9.17, 15) is 9.59 Å². The Balaban J connectivity index is 1.64. The summed E-state index contributed by atoms with van der Waals surface area (Å²) in [5, 5.41) is 7.20. The maximum atomic E-state index is 13.7. The maximum absolute atomic E-state index is 13.7. The number of hydrogen-bond donors (Lipinski definition) is 3. The number of rotatable bonds is 5. The van der Waals surface area contributed by atoms with Gasteiger partial charge >= 0.3 is 0 Å². The molecule has 0 saturated carbocycles. The Bertz CT molecular complexity index is 1500. The molecule has 1 aliphatic heterocycles. The number of nitrogens with one attached hydrogen (secondary N) is 2. The molecule has 6 heteroatoms. The average molecular weight is 494 g/mol. The van der Waals surface area contributed by atoms with Crippen LogP contribution in [-0.4, -0.2) is 11.7 Å². The Morgan fingerprint density at radius 1 is 0.889 bits per heavy atom. The predicted molar refractivity (Wildman–Crippen MR) is 148 cm³/mol. The number of benzene rings is 3. The zero-order valence-electron chi connectivity index (χ0n) is 20.4. The van der Waals surface area contributed by atoms with Crippen molar-refractivity contribution in [3.63, 3.8) is 0 Å². The van der Waals surface area contributed by atoms with Gasteiger partial charge in [0.25, 0.3) is 5.91 Å². The third kappa shape index (κ3) is 4.20. The van der Waals surface area contributed by atoms with E-state index in [2.05, 4.69) is 10.6 Å². The third-order valence-electron chi connectivity index (χ3n) is 6.56. The Hall–Kier alpha value is -4.16. The molecular formula is C30H27N3O2S. The number of aryl methyl sites for hydroxylation is 2. The largest absolute Gasteiger partial charge is 0.397 e. The van der Waals surface area contributed by atoms with Crippen molar-refractivity contribution in [3.05, 3.63) is 123 Å². The molecule has 3 aromatic carbocycles. The number of nitrogen functional groups attached to an aromatic ring is 1. The zero-order chi connectivity index (χ0) is 25.4. The summed E-state index contributed by atoms with van der Waals surface area (Å²) < 4.78 is 0. The number of carbonyl (C=O) groups is 2. The van der Waals surface area contributed by atoms with Crippen molar-refractivity contribution in [2.45, 2.75) is 26.7 Å². The van der Waals surface area contributed by atoms with Crippen molar-refractivity contribution in [1.82, 2.24) is 0 Å². The SMILES string of the molecule is CC1=C(C(=O)Nc2ccccc2)C(c2ccccc2C)c2c(sc(C(=O)c3ccc(C)cc3)c2N)N1. The second kappa shape index (κ2) is 9.47. The van der Waals surface area contributed by atoms with Crippen LogP contribution in [0.1, 0.15) is 50.3 Å². The van der Waals surface area contributed by atoms with Gasteiger partial charge in [0.2, 0.25) is 5.78 Å². The number of anilines is 3. The van der Waals surface area contributed by atoms with Crippen LogP contribution in [0.3, 0.4) is 0 Å². The lowest BCUT2D eigenvalue weighted by atomic mass is 9.79. The number of para-hydroxylation sites is 1. The highest BCUT2D eigenvalue weighted by molar-refractivity contribution is 7.19. The third-order valence-corrected chi connectivity index (χ3v) is 7.70. The summed E-state index contributed by atoms with van der Waals surface area (Å²) in [5.74, 6) is -0.741. The lowest BCUT2D eigenvalue weighted by Gasteiger charge is -2.30. The van der Waals surface area contributed by atoms with Gasteiger partial charge < -0.3 is 16.4 Å². The quantitative estimate of drug-likeness (QED) is 0.272. The molecule has 1 aliphatic rings. The number of amides is 1. The molecule has 0 radical (unpaired) electrons. The van der Waals surface area contributed by atoms with Crippen molar-refractivity contribution in [3.8, 4) is 0 Å². The topological polar surface area (TPSA) is 84.2 Å². The Morgan fingerprint density at radius 3 is 2.25 bits per heavy atom. The number of hydrogen-bond acceptors (Lipinski definition) is 5. The summed E-state index contributed by atoms with van der Waals surface area (Å²) in [6.07, 6.45) is 0. The van der Waals surface area contributed by atoms with Gasteiger partial charge in [-0.3, -0.25) is 9.59 Å². The van der Waals surface area contributed by atoms with Gasteiger partial charge in [0.15, 0.2) is 0 Å². The van der Waals surface area contributed by atoms with Crippen molar-refractivity contribution in [1.29, 1.82) is 0 Å². The molecule has 0 spiro atoms. The van der Waals surface area contributed by atoms with E-state index in [1.165, 1.54) is 11.3 Å². The number of ketones is 1. The minimum absolute atomic E-state index is 0.120. The van der Waals surface area contributed by atoms with Crippen LogP contribution in [0.5, 0.6) is 0 Å².